The quantitative estimate of drug-likeness (QED) is 0.743. The summed E-state index contributed by atoms with van der Waals surface area (Å²) in [6, 6.07) is 7.69. The Labute approximate surface area is 133 Å². The van der Waals surface area contributed by atoms with Gasteiger partial charge in [0.2, 0.25) is 0 Å². The van der Waals surface area contributed by atoms with Crippen LogP contribution < -0.4 is 5.32 Å². The zero-order valence-electron chi connectivity index (χ0n) is 10.3. The highest BCUT2D eigenvalue weighted by molar-refractivity contribution is 9.10. The molecule has 0 aliphatic carbocycles. The fraction of sp³-hybridized carbons (Fsp3) is 0.0769. The topological polar surface area (TPSA) is 42.7 Å². The Kier molecular flexibility index (Phi) is 4.05. The maximum atomic E-state index is 6.08. The molecule has 3 aromatic rings. The van der Waals surface area contributed by atoms with E-state index < -0.39 is 0 Å². The van der Waals surface area contributed by atoms with Crippen LogP contribution in [0.4, 0.5) is 5.69 Å². The molecule has 0 aliphatic heterocycles. The molecule has 7 heteroatoms. The predicted molar refractivity (Wildman–Crippen MR) is 85.7 cm³/mol. The Balaban J connectivity index is 1.88. The van der Waals surface area contributed by atoms with Gasteiger partial charge in [-0.15, -0.1) is 11.3 Å². The summed E-state index contributed by atoms with van der Waals surface area (Å²) < 4.78 is 2.82. The van der Waals surface area contributed by atoms with Gasteiger partial charge in [0, 0.05) is 14.4 Å². The third-order valence-electron chi connectivity index (χ3n) is 2.75. The van der Waals surface area contributed by atoms with E-state index in [4.69, 9.17) is 11.6 Å². The van der Waals surface area contributed by atoms with Gasteiger partial charge >= 0.3 is 0 Å². The molecule has 0 amide bonds. The van der Waals surface area contributed by atoms with Crippen LogP contribution in [0.3, 0.4) is 0 Å². The van der Waals surface area contributed by atoms with E-state index in [0.717, 1.165) is 22.4 Å². The highest BCUT2D eigenvalue weighted by atomic mass is 79.9. The average molecular weight is 370 g/mol. The van der Waals surface area contributed by atoms with Crippen LogP contribution in [0, 0.1) is 0 Å². The largest absolute Gasteiger partial charge is 0.378 e. The number of nitrogens with zero attached hydrogens (tertiary/aromatic N) is 3. The molecule has 0 bridgehead atoms. The molecule has 0 aliphatic rings. The first-order valence-corrected chi connectivity index (χ1v) is 7.89. The van der Waals surface area contributed by atoms with E-state index in [1.807, 2.05) is 24.3 Å². The van der Waals surface area contributed by atoms with Crippen molar-refractivity contribution in [2.45, 2.75) is 6.54 Å². The highest BCUT2D eigenvalue weighted by Crippen LogP contribution is 2.27. The predicted octanol–water partition coefficient (Wildman–Crippen LogP) is 4.36. The lowest BCUT2D eigenvalue weighted by Crippen LogP contribution is -2.04. The third kappa shape index (κ3) is 2.87. The Bertz CT molecular complexity index is 711. The van der Waals surface area contributed by atoms with Gasteiger partial charge in [-0.1, -0.05) is 11.6 Å². The Morgan fingerprint density at radius 2 is 2.25 bits per heavy atom. The fourth-order valence-electron chi connectivity index (χ4n) is 1.81. The highest BCUT2D eigenvalue weighted by Gasteiger charge is 2.08. The van der Waals surface area contributed by atoms with Gasteiger partial charge in [0.1, 0.15) is 12.7 Å². The molecule has 0 atom stereocenters. The van der Waals surface area contributed by atoms with Crippen molar-refractivity contribution in [3.8, 4) is 5.69 Å². The lowest BCUT2D eigenvalue weighted by atomic mass is 10.2. The van der Waals surface area contributed by atoms with Crippen LogP contribution in [0.1, 0.15) is 4.88 Å². The number of rotatable bonds is 4. The van der Waals surface area contributed by atoms with E-state index in [0.29, 0.717) is 5.02 Å². The molecule has 0 saturated heterocycles. The van der Waals surface area contributed by atoms with E-state index >= 15 is 0 Å². The Morgan fingerprint density at radius 3 is 2.95 bits per heavy atom. The fourth-order valence-corrected chi connectivity index (χ4v) is 3.41. The lowest BCUT2D eigenvalue weighted by Gasteiger charge is -2.12. The maximum absolute atomic E-state index is 6.08. The normalized spacial score (nSPS) is 10.7. The van der Waals surface area contributed by atoms with E-state index in [1.165, 1.54) is 11.2 Å². The smallest absolute Gasteiger partial charge is 0.138 e. The number of thiophene rings is 1. The first-order valence-electron chi connectivity index (χ1n) is 5.84. The molecule has 0 radical (unpaired) electrons. The summed E-state index contributed by atoms with van der Waals surface area (Å²) in [5.41, 5.74) is 1.84. The molecule has 1 N–H and O–H groups in total. The minimum Gasteiger partial charge on any atom is -0.378 e. The monoisotopic (exact) mass is 368 g/mol. The summed E-state index contributed by atoms with van der Waals surface area (Å²) in [5, 5.41) is 10.3. The molecule has 4 nitrogen and oxygen atoms in total. The summed E-state index contributed by atoms with van der Waals surface area (Å²) in [6.07, 6.45) is 3.17. The Hall–Kier alpha value is -1.37. The van der Waals surface area contributed by atoms with Gasteiger partial charge < -0.3 is 5.32 Å². The van der Waals surface area contributed by atoms with Crippen LogP contribution in [0.5, 0.6) is 0 Å². The molecule has 1 aromatic carbocycles. The van der Waals surface area contributed by atoms with Crippen LogP contribution in [0.2, 0.25) is 5.02 Å². The summed E-state index contributed by atoms with van der Waals surface area (Å²) in [4.78, 5) is 5.20. The van der Waals surface area contributed by atoms with Crippen LogP contribution >= 0.6 is 38.9 Å². The summed E-state index contributed by atoms with van der Waals surface area (Å²) in [5.74, 6) is 0. The molecular weight excluding hydrogens is 360 g/mol. The van der Waals surface area contributed by atoms with Crippen molar-refractivity contribution >= 4 is 44.6 Å². The number of hydrogen-bond acceptors (Lipinski definition) is 4. The second-order valence-electron chi connectivity index (χ2n) is 4.05. The molecule has 2 aromatic heterocycles. The van der Waals surface area contributed by atoms with Crippen molar-refractivity contribution in [2.75, 3.05) is 5.32 Å². The van der Waals surface area contributed by atoms with Crippen LogP contribution in [-0.4, -0.2) is 14.8 Å². The minimum atomic E-state index is 0.682. The van der Waals surface area contributed by atoms with Crippen LogP contribution in [-0.2, 0) is 6.54 Å². The van der Waals surface area contributed by atoms with E-state index in [1.54, 1.807) is 22.3 Å². The summed E-state index contributed by atoms with van der Waals surface area (Å²) in [7, 11) is 0. The van der Waals surface area contributed by atoms with Crippen molar-refractivity contribution in [3.63, 3.8) is 0 Å². The number of nitrogens with one attached hydrogen (secondary N) is 1. The number of benzene rings is 1. The van der Waals surface area contributed by atoms with E-state index in [2.05, 4.69) is 36.7 Å². The van der Waals surface area contributed by atoms with Gasteiger partial charge in [-0.05, 0) is 45.6 Å². The Morgan fingerprint density at radius 1 is 1.35 bits per heavy atom. The van der Waals surface area contributed by atoms with Gasteiger partial charge in [-0.3, -0.25) is 0 Å². The second kappa shape index (κ2) is 5.95. The molecule has 2 heterocycles. The number of anilines is 1. The zero-order chi connectivity index (χ0) is 13.9. The maximum Gasteiger partial charge on any atom is 0.138 e. The van der Waals surface area contributed by atoms with Crippen molar-refractivity contribution < 1.29 is 0 Å². The van der Waals surface area contributed by atoms with E-state index in [-0.39, 0.29) is 0 Å². The standard InChI is InChI=1S/C13H10BrClN4S/c14-10-3-4-20-13(10)6-17-11-5-9(15)1-2-12(11)19-8-16-7-18-19/h1-5,7-8,17H,6H2. The van der Waals surface area contributed by atoms with Gasteiger partial charge in [-0.25, -0.2) is 9.67 Å². The summed E-state index contributed by atoms with van der Waals surface area (Å²) >= 11 is 11.3. The summed E-state index contributed by atoms with van der Waals surface area (Å²) in [6.45, 7) is 0.723. The second-order valence-corrected chi connectivity index (χ2v) is 6.34. The molecule has 20 heavy (non-hydrogen) atoms. The van der Waals surface area contributed by atoms with Crippen molar-refractivity contribution in [2.24, 2.45) is 0 Å². The van der Waals surface area contributed by atoms with Crippen LogP contribution in [0.15, 0.2) is 46.8 Å². The van der Waals surface area contributed by atoms with Gasteiger partial charge in [0.05, 0.1) is 17.9 Å². The van der Waals surface area contributed by atoms with Gasteiger partial charge in [0.25, 0.3) is 0 Å². The number of aromatic nitrogens is 3. The average Bonchev–Trinajstić information content (AvgIpc) is 3.08. The molecule has 0 saturated carbocycles. The van der Waals surface area contributed by atoms with Crippen molar-refractivity contribution in [1.29, 1.82) is 0 Å². The van der Waals surface area contributed by atoms with Crippen molar-refractivity contribution in [3.05, 3.63) is 56.7 Å². The van der Waals surface area contributed by atoms with Crippen LogP contribution in [0.25, 0.3) is 5.69 Å². The molecule has 0 fully saturated rings. The minimum absolute atomic E-state index is 0.682. The lowest BCUT2D eigenvalue weighted by molar-refractivity contribution is 0.878. The number of halogens is 2. The zero-order valence-corrected chi connectivity index (χ0v) is 13.4. The molecule has 0 spiro atoms. The first kappa shape index (κ1) is 13.6. The molecule has 0 unspecified atom stereocenters. The third-order valence-corrected chi connectivity index (χ3v) is 4.92. The van der Waals surface area contributed by atoms with Crippen molar-refractivity contribution in [1.82, 2.24) is 14.8 Å². The van der Waals surface area contributed by atoms with Gasteiger partial charge in [0.15, 0.2) is 0 Å². The first-order chi connectivity index (χ1) is 9.74. The molecule has 3 rings (SSSR count). The molecule has 102 valence electrons. The molecular formula is C13H10BrClN4S. The SMILES string of the molecule is Clc1ccc(-n2cncn2)c(NCc2sccc2Br)c1. The number of hydrogen-bond donors (Lipinski definition) is 1. The van der Waals surface area contributed by atoms with E-state index in [9.17, 15) is 0 Å². The van der Waals surface area contributed by atoms with Gasteiger partial charge in [-0.2, -0.15) is 5.10 Å².